The SMILES string of the molecule is CC[C@H]1C=CCC[C@@]2(C[C@@H]3CCc4c(C(=O)O)c(CCC[C@@H](C)O)nc([n+]43)N2)O1. The highest BCUT2D eigenvalue weighted by Crippen LogP contribution is 2.40. The standard InChI is InChI=1S/C22H31N3O4/c1-3-16-8-4-5-12-22(29-16)13-15-10-11-18-19(20(27)28)17(9-6-7-14(2)26)23-21(24-22)25(15)18/h4,8,14-16,26H,3,5-7,9-13H2,1-2H3,(H,27,28)/p+1/t14-,15+,16+,22+/m1/s1. The number of carboxylic acid groups (broad SMARTS) is 1. The summed E-state index contributed by atoms with van der Waals surface area (Å²) in [5, 5.41) is 23.1. The van der Waals surface area contributed by atoms with Crippen LogP contribution in [0.25, 0.3) is 0 Å². The molecule has 0 saturated carbocycles. The maximum atomic E-state index is 12.1. The molecule has 158 valence electrons. The molecule has 0 radical (unpaired) electrons. The Bertz CT molecular complexity index is 823. The van der Waals surface area contributed by atoms with Crippen LogP contribution in [0.1, 0.15) is 86.6 Å². The Labute approximate surface area is 171 Å². The summed E-state index contributed by atoms with van der Waals surface area (Å²) in [5.74, 6) is -0.167. The number of allylic oxidation sites excluding steroid dienone is 1. The molecule has 0 aromatic carbocycles. The molecular formula is C22H32N3O4+. The van der Waals surface area contributed by atoms with Crippen molar-refractivity contribution >= 4 is 11.9 Å². The van der Waals surface area contributed by atoms with E-state index in [4.69, 9.17) is 9.72 Å². The van der Waals surface area contributed by atoms with Crippen molar-refractivity contribution in [2.75, 3.05) is 5.32 Å². The number of anilines is 1. The first-order valence-electron chi connectivity index (χ1n) is 10.9. The van der Waals surface area contributed by atoms with E-state index in [2.05, 4.69) is 29.0 Å². The van der Waals surface area contributed by atoms with E-state index in [0.717, 1.165) is 50.2 Å². The van der Waals surface area contributed by atoms with E-state index >= 15 is 0 Å². The van der Waals surface area contributed by atoms with E-state index in [1.807, 2.05) is 0 Å². The van der Waals surface area contributed by atoms with Gasteiger partial charge in [-0.3, -0.25) is 0 Å². The molecule has 7 nitrogen and oxygen atoms in total. The second-order valence-corrected chi connectivity index (χ2v) is 8.67. The Balaban J connectivity index is 1.70. The molecule has 0 aliphatic carbocycles. The minimum absolute atomic E-state index is 0.0845. The summed E-state index contributed by atoms with van der Waals surface area (Å²) in [5.41, 5.74) is 1.39. The number of ether oxygens (including phenoxy) is 1. The van der Waals surface area contributed by atoms with Crippen LogP contribution in [-0.2, 0) is 17.6 Å². The Hall–Kier alpha value is -1.99. The van der Waals surface area contributed by atoms with Crippen LogP contribution in [0.4, 0.5) is 5.95 Å². The van der Waals surface area contributed by atoms with Gasteiger partial charge in [0.2, 0.25) is 0 Å². The van der Waals surface area contributed by atoms with Crippen molar-refractivity contribution in [3.8, 4) is 0 Å². The number of rotatable bonds is 6. The quantitative estimate of drug-likeness (QED) is 0.500. The van der Waals surface area contributed by atoms with Crippen molar-refractivity contribution in [3.05, 3.63) is 29.1 Å². The van der Waals surface area contributed by atoms with Gasteiger partial charge >= 0.3 is 11.9 Å². The lowest BCUT2D eigenvalue weighted by molar-refractivity contribution is -0.713. The van der Waals surface area contributed by atoms with Gasteiger partial charge < -0.3 is 14.9 Å². The molecule has 4 heterocycles. The van der Waals surface area contributed by atoms with Crippen molar-refractivity contribution < 1.29 is 24.3 Å². The molecular weight excluding hydrogens is 370 g/mol. The van der Waals surface area contributed by atoms with Crippen LogP contribution in [0.3, 0.4) is 0 Å². The first-order chi connectivity index (χ1) is 13.9. The maximum absolute atomic E-state index is 12.1. The number of aliphatic hydroxyl groups is 1. The van der Waals surface area contributed by atoms with Crippen LogP contribution in [0.2, 0.25) is 0 Å². The van der Waals surface area contributed by atoms with E-state index in [-0.39, 0.29) is 12.1 Å². The third kappa shape index (κ3) is 3.90. The number of carboxylic acids is 1. The maximum Gasteiger partial charge on any atom is 0.394 e. The summed E-state index contributed by atoms with van der Waals surface area (Å²) in [7, 11) is 0. The zero-order valence-electron chi connectivity index (χ0n) is 17.4. The van der Waals surface area contributed by atoms with Crippen molar-refractivity contribution in [1.29, 1.82) is 0 Å². The fourth-order valence-electron chi connectivity index (χ4n) is 5.05. The van der Waals surface area contributed by atoms with E-state index < -0.39 is 17.8 Å². The molecule has 1 aromatic heterocycles. The minimum atomic E-state index is -0.906. The first-order valence-corrected chi connectivity index (χ1v) is 10.9. The second kappa shape index (κ2) is 8.03. The third-order valence-corrected chi connectivity index (χ3v) is 6.42. The van der Waals surface area contributed by atoms with Crippen LogP contribution in [0.5, 0.6) is 0 Å². The van der Waals surface area contributed by atoms with E-state index in [1.54, 1.807) is 6.92 Å². The highest BCUT2D eigenvalue weighted by Gasteiger charge is 2.50. The van der Waals surface area contributed by atoms with Crippen LogP contribution in [-0.4, -0.2) is 39.1 Å². The Morgan fingerprint density at radius 2 is 2.34 bits per heavy atom. The predicted molar refractivity (Wildman–Crippen MR) is 108 cm³/mol. The topological polar surface area (TPSA) is 95.6 Å². The average molecular weight is 403 g/mol. The summed E-state index contributed by atoms with van der Waals surface area (Å²) >= 11 is 0. The van der Waals surface area contributed by atoms with Gasteiger partial charge in [0.1, 0.15) is 11.3 Å². The van der Waals surface area contributed by atoms with Crippen LogP contribution >= 0.6 is 0 Å². The van der Waals surface area contributed by atoms with Gasteiger partial charge in [-0.15, -0.1) is 0 Å². The van der Waals surface area contributed by atoms with Gasteiger partial charge in [-0.2, -0.15) is 0 Å². The van der Waals surface area contributed by atoms with Crippen molar-refractivity contribution in [2.24, 2.45) is 0 Å². The molecule has 0 unspecified atom stereocenters. The molecule has 4 rings (SSSR count). The van der Waals surface area contributed by atoms with Gasteiger partial charge in [-0.25, -0.2) is 14.7 Å². The molecule has 7 heteroatoms. The van der Waals surface area contributed by atoms with Gasteiger partial charge in [0, 0.05) is 25.7 Å². The molecule has 4 atom stereocenters. The van der Waals surface area contributed by atoms with Gasteiger partial charge in [0.15, 0.2) is 5.72 Å². The fourth-order valence-corrected chi connectivity index (χ4v) is 5.05. The lowest BCUT2D eigenvalue weighted by Crippen LogP contribution is -2.58. The van der Waals surface area contributed by atoms with Crippen molar-refractivity contribution in [1.82, 2.24) is 4.98 Å². The summed E-state index contributed by atoms with van der Waals surface area (Å²) in [6, 6.07) is 0.217. The molecule has 1 spiro atoms. The number of aliphatic hydroxyl groups excluding tert-OH is 1. The average Bonchev–Trinajstić information content (AvgIpc) is 2.97. The highest BCUT2D eigenvalue weighted by molar-refractivity contribution is 5.90. The van der Waals surface area contributed by atoms with Crippen molar-refractivity contribution in [3.63, 3.8) is 0 Å². The summed E-state index contributed by atoms with van der Waals surface area (Å²) in [6.45, 7) is 3.89. The minimum Gasteiger partial charge on any atom is -0.477 e. The number of nitrogens with one attached hydrogen (secondary N) is 1. The largest absolute Gasteiger partial charge is 0.477 e. The second-order valence-electron chi connectivity index (χ2n) is 8.67. The van der Waals surface area contributed by atoms with E-state index in [9.17, 15) is 15.0 Å². The predicted octanol–water partition coefficient (Wildman–Crippen LogP) is 2.92. The Kier molecular flexibility index (Phi) is 5.62. The number of nitrogens with zero attached hydrogens (tertiary/aromatic N) is 2. The summed E-state index contributed by atoms with van der Waals surface area (Å²) in [6.07, 6.45) is 11.2. The summed E-state index contributed by atoms with van der Waals surface area (Å²) < 4.78 is 8.64. The molecule has 3 aliphatic heterocycles. The molecule has 1 aromatic rings. The lowest BCUT2D eigenvalue weighted by Gasteiger charge is -2.38. The third-order valence-electron chi connectivity index (χ3n) is 6.42. The van der Waals surface area contributed by atoms with Gasteiger partial charge in [0.25, 0.3) is 0 Å². The van der Waals surface area contributed by atoms with Gasteiger partial charge in [0.05, 0.1) is 23.9 Å². The first kappa shape index (κ1) is 20.3. The van der Waals surface area contributed by atoms with E-state index in [0.29, 0.717) is 30.5 Å². The smallest absolute Gasteiger partial charge is 0.394 e. The van der Waals surface area contributed by atoms with Crippen LogP contribution in [0, 0.1) is 0 Å². The summed E-state index contributed by atoms with van der Waals surface area (Å²) in [4.78, 5) is 16.9. The number of carbonyl (C=O) groups is 1. The van der Waals surface area contributed by atoms with Crippen LogP contribution in [0.15, 0.2) is 12.2 Å². The number of hydrogen-bond donors (Lipinski definition) is 3. The zero-order chi connectivity index (χ0) is 20.6. The highest BCUT2D eigenvalue weighted by atomic mass is 16.5. The number of aromatic nitrogens is 2. The Morgan fingerprint density at radius 1 is 1.52 bits per heavy atom. The normalized spacial score (nSPS) is 28.7. The van der Waals surface area contributed by atoms with Crippen molar-refractivity contribution in [2.45, 2.75) is 95.6 Å². The molecule has 0 saturated heterocycles. The molecule has 3 aliphatic rings. The van der Waals surface area contributed by atoms with Crippen LogP contribution < -0.4 is 9.88 Å². The van der Waals surface area contributed by atoms with Gasteiger partial charge in [-0.05, 0) is 39.0 Å². The number of aryl methyl sites for hydroxylation is 1. The number of aromatic carboxylic acids is 1. The molecule has 0 bridgehead atoms. The lowest BCUT2D eigenvalue weighted by atomic mass is 9.95. The number of hydrogen-bond acceptors (Lipinski definition) is 5. The molecule has 29 heavy (non-hydrogen) atoms. The fraction of sp³-hybridized carbons (Fsp3) is 0.682. The zero-order valence-corrected chi connectivity index (χ0v) is 17.4. The molecule has 0 amide bonds. The van der Waals surface area contributed by atoms with E-state index in [1.165, 1.54) is 0 Å². The molecule has 3 N–H and O–H groups in total. The van der Waals surface area contributed by atoms with Gasteiger partial charge in [-0.1, -0.05) is 24.1 Å². The Morgan fingerprint density at radius 3 is 3.07 bits per heavy atom. The monoisotopic (exact) mass is 402 g/mol. The molecule has 0 fully saturated rings.